The first kappa shape index (κ1) is 9.12. The summed E-state index contributed by atoms with van der Waals surface area (Å²) in [4.78, 5) is 12.9. The van der Waals surface area contributed by atoms with Crippen molar-refractivity contribution >= 4 is 11.2 Å². The van der Waals surface area contributed by atoms with E-state index in [2.05, 4.69) is 21.9 Å². The van der Waals surface area contributed by atoms with Crippen LogP contribution in [-0.2, 0) is 13.5 Å². The van der Waals surface area contributed by atoms with Gasteiger partial charge in [0.25, 0.3) is 0 Å². The molecule has 0 unspecified atom stereocenters. The van der Waals surface area contributed by atoms with E-state index in [1.54, 1.807) is 12.5 Å². The van der Waals surface area contributed by atoms with E-state index in [9.17, 15) is 0 Å². The minimum atomic E-state index is 0.868. The number of nitrogens with zero attached hydrogens (tertiary/aromatic N) is 4. The fourth-order valence-electron chi connectivity index (χ4n) is 1.41. The average Bonchev–Trinajstić information content (AvgIpc) is 2.57. The van der Waals surface area contributed by atoms with Crippen LogP contribution in [0.25, 0.3) is 11.2 Å². The maximum atomic E-state index is 4.46. The fourth-order valence-corrected chi connectivity index (χ4v) is 1.41. The van der Waals surface area contributed by atoms with Gasteiger partial charge in [-0.15, -0.1) is 0 Å². The number of hydrogen-bond donors (Lipinski definition) is 0. The van der Waals surface area contributed by atoms with E-state index in [-0.39, 0.29) is 0 Å². The van der Waals surface area contributed by atoms with Gasteiger partial charge in [0.1, 0.15) is 11.3 Å². The number of imidazole rings is 1. The van der Waals surface area contributed by atoms with E-state index in [0.717, 1.165) is 29.8 Å². The van der Waals surface area contributed by atoms with Crippen molar-refractivity contribution in [1.82, 2.24) is 19.5 Å². The van der Waals surface area contributed by atoms with Crippen molar-refractivity contribution in [2.45, 2.75) is 26.2 Å². The van der Waals surface area contributed by atoms with Crippen molar-refractivity contribution in [3.63, 3.8) is 0 Å². The Morgan fingerprint density at radius 1 is 1.36 bits per heavy atom. The lowest BCUT2D eigenvalue weighted by atomic mass is 10.2. The van der Waals surface area contributed by atoms with Crippen molar-refractivity contribution in [2.75, 3.05) is 0 Å². The quantitative estimate of drug-likeness (QED) is 0.740. The first-order valence-corrected chi connectivity index (χ1v) is 4.94. The van der Waals surface area contributed by atoms with Gasteiger partial charge in [-0.05, 0) is 6.42 Å². The summed E-state index contributed by atoms with van der Waals surface area (Å²) in [6.45, 7) is 2.17. The molecule has 0 saturated heterocycles. The van der Waals surface area contributed by atoms with Crippen LogP contribution >= 0.6 is 0 Å². The molecule has 0 bridgehead atoms. The van der Waals surface area contributed by atoms with Gasteiger partial charge in [-0.2, -0.15) is 0 Å². The highest BCUT2D eigenvalue weighted by Crippen LogP contribution is 2.08. The van der Waals surface area contributed by atoms with Crippen LogP contribution < -0.4 is 0 Å². The number of fused-ring (bicyclic) bond motifs is 1. The van der Waals surface area contributed by atoms with Crippen LogP contribution in [0.2, 0.25) is 0 Å². The summed E-state index contributed by atoms with van der Waals surface area (Å²) in [7, 11) is 1.95. The molecule has 2 aromatic heterocycles. The molecule has 74 valence electrons. The SMILES string of the molecule is CCCCc1ncc2ncn(C)c2n1. The van der Waals surface area contributed by atoms with Gasteiger partial charge in [0.2, 0.25) is 0 Å². The highest BCUT2D eigenvalue weighted by molar-refractivity contribution is 5.69. The van der Waals surface area contributed by atoms with Gasteiger partial charge < -0.3 is 4.57 Å². The van der Waals surface area contributed by atoms with Crippen LogP contribution in [0.3, 0.4) is 0 Å². The molecule has 0 fully saturated rings. The summed E-state index contributed by atoms with van der Waals surface area (Å²) in [6.07, 6.45) is 6.84. The third-order valence-corrected chi connectivity index (χ3v) is 2.26. The van der Waals surface area contributed by atoms with Crippen LogP contribution in [0.1, 0.15) is 25.6 Å². The van der Waals surface area contributed by atoms with Gasteiger partial charge >= 0.3 is 0 Å². The van der Waals surface area contributed by atoms with Crippen LogP contribution in [-0.4, -0.2) is 19.5 Å². The molecule has 0 N–H and O–H groups in total. The fraction of sp³-hybridized carbons (Fsp3) is 0.500. The summed E-state index contributed by atoms with van der Waals surface area (Å²) < 4.78 is 1.92. The van der Waals surface area contributed by atoms with Crippen LogP contribution in [0.4, 0.5) is 0 Å². The van der Waals surface area contributed by atoms with E-state index in [1.165, 1.54) is 6.42 Å². The number of rotatable bonds is 3. The Hall–Kier alpha value is -1.45. The zero-order chi connectivity index (χ0) is 9.97. The first-order valence-electron chi connectivity index (χ1n) is 4.94. The van der Waals surface area contributed by atoms with Crippen molar-refractivity contribution in [2.24, 2.45) is 7.05 Å². The minimum Gasteiger partial charge on any atom is -0.318 e. The summed E-state index contributed by atoms with van der Waals surface area (Å²) >= 11 is 0. The lowest BCUT2D eigenvalue weighted by molar-refractivity contribution is 0.753. The second-order valence-corrected chi connectivity index (χ2v) is 3.45. The molecule has 0 aliphatic heterocycles. The van der Waals surface area contributed by atoms with Crippen molar-refractivity contribution in [3.8, 4) is 0 Å². The monoisotopic (exact) mass is 190 g/mol. The molecular weight excluding hydrogens is 176 g/mol. The van der Waals surface area contributed by atoms with Crippen molar-refractivity contribution in [3.05, 3.63) is 18.3 Å². The summed E-state index contributed by atoms with van der Waals surface area (Å²) in [5.74, 6) is 0.919. The second kappa shape index (κ2) is 3.74. The molecule has 0 aromatic carbocycles. The molecule has 2 heterocycles. The topological polar surface area (TPSA) is 43.6 Å². The van der Waals surface area contributed by atoms with Gasteiger partial charge in [0, 0.05) is 13.5 Å². The third kappa shape index (κ3) is 1.60. The Bertz CT molecular complexity index is 433. The molecule has 0 aliphatic rings. The summed E-state index contributed by atoms with van der Waals surface area (Å²) in [6, 6.07) is 0. The van der Waals surface area contributed by atoms with Crippen LogP contribution in [0.15, 0.2) is 12.5 Å². The Balaban J connectivity index is 2.34. The highest BCUT2D eigenvalue weighted by atomic mass is 15.1. The Labute approximate surface area is 83.0 Å². The van der Waals surface area contributed by atoms with Gasteiger partial charge in [0.15, 0.2) is 5.65 Å². The van der Waals surface area contributed by atoms with Crippen LogP contribution in [0, 0.1) is 0 Å². The number of hydrogen-bond acceptors (Lipinski definition) is 3. The standard InChI is InChI=1S/C10H14N4/c1-3-4-5-9-11-6-8-10(13-9)14(2)7-12-8/h6-7H,3-5H2,1-2H3. The minimum absolute atomic E-state index is 0.868. The third-order valence-electron chi connectivity index (χ3n) is 2.26. The zero-order valence-corrected chi connectivity index (χ0v) is 8.56. The number of aryl methyl sites for hydroxylation is 2. The largest absolute Gasteiger partial charge is 0.318 e. The predicted octanol–water partition coefficient (Wildman–Crippen LogP) is 1.71. The molecule has 14 heavy (non-hydrogen) atoms. The molecule has 0 saturated carbocycles. The lowest BCUT2D eigenvalue weighted by Gasteiger charge is -1.98. The predicted molar refractivity (Wildman–Crippen MR) is 54.9 cm³/mol. The molecule has 0 spiro atoms. The van der Waals surface area contributed by atoms with Gasteiger partial charge in [-0.3, -0.25) is 0 Å². The van der Waals surface area contributed by atoms with Gasteiger partial charge in [-0.25, -0.2) is 15.0 Å². The molecule has 0 amide bonds. The second-order valence-electron chi connectivity index (χ2n) is 3.45. The molecule has 4 nitrogen and oxygen atoms in total. The molecule has 0 radical (unpaired) electrons. The smallest absolute Gasteiger partial charge is 0.163 e. The van der Waals surface area contributed by atoms with Gasteiger partial charge in [-0.1, -0.05) is 13.3 Å². The maximum Gasteiger partial charge on any atom is 0.163 e. The highest BCUT2D eigenvalue weighted by Gasteiger charge is 2.03. The van der Waals surface area contributed by atoms with Crippen molar-refractivity contribution in [1.29, 1.82) is 0 Å². The molecule has 2 aromatic rings. The van der Waals surface area contributed by atoms with E-state index < -0.39 is 0 Å². The normalized spacial score (nSPS) is 11.0. The molecule has 2 rings (SSSR count). The molecule has 4 heteroatoms. The van der Waals surface area contributed by atoms with Crippen LogP contribution in [0.5, 0.6) is 0 Å². The van der Waals surface area contributed by atoms with E-state index in [0.29, 0.717) is 0 Å². The maximum absolute atomic E-state index is 4.46. The zero-order valence-electron chi connectivity index (χ0n) is 8.56. The Kier molecular flexibility index (Phi) is 2.43. The molecular formula is C10H14N4. The average molecular weight is 190 g/mol. The summed E-state index contributed by atoms with van der Waals surface area (Å²) in [5, 5.41) is 0. The Morgan fingerprint density at radius 3 is 3.00 bits per heavy atom. The summed E-state index contributed by atoms with van der Waals surface area (Å²) in [5.41, 5.74) is 1.79. The van der Waals surface area contributed by atoms with Gasteiger partial charge in [0.05, 0.1) is 12.5 Å². The van der Waals surface area contributed by atoms with E-state index in [1.807, 2.05) is 11.6 Å². The molecule has 0 aliphatic carbocycles. The first-order chi connectivity index (χ1) is 6.81. The Morgan fingerprint density at radius 2 is 2.21 bits per heavy atom. The number of aromatic nitrogens is 4. The molecule has 0 atom stereocenters. The van der Waals surface area contributed by atoms with E-state index >= 15 is 0 Å². The van der Waals surface area contributed by atoms with E-state index in [4.69, 9.17) is 0 Å². The lowest BCUT2D eigenvalue weighted by Crippen LogP contribution is -1.97. The van der Waals surface area contributed by atoms with Crippen molar-refractivity contribution < 1.29 is 0 Å². The number of unbranched alkanes of at least 4 members (excludes halogenated alkanes) is 1.